The van der Waals surface area contributed by atoms with Crippen LogP contribution in [-0.4, -0.2) is 22.5 Å². The second kappa shape index (κ2) is 7.96. The maximum Gasteiger partial charge on any atom is 0.290 e. The Morgan fingerprint density at radius 3 is 2.65 bits per heavy atom. The van der Waals surface area contributed by atoms with Gasteiger partial charge in [0.05, 0.1) is 11.3 Å². The van der Waals surface area contributed by atoms with Crippen molar-refractivity contribution in [1.29, 1.82) is 5.26 Å². The number of anilines is 3. The molecule has 6 N–H and O–H groups in total. The third kappa shape index (κ3) is 3.71. The van der Waals surface area contributed by atoms with Gasteiger partial charge in [0, 0.05) is 11.1 Å². The van der Waals surface area contributed by atoms with Crippen LogP contribution in [0.3, 0.4) is 0 Å². The summed E-state index contributed by atoms with van der Waals surface area (Å²) in [6.07, 6.45) is 0. The normalized spacial score (nSPS) is 9.69. The van der Waals surface area contributed by atoms with Crippen LogP contribution in [0.5, 0.6) is 0 Å². The van der Waals surface area contributed by atoms with Gasteiger partial charge in [-0.05, 0) is 24.6 Å². The first kappa shape index (κ1) is 18.7. The summed E-state index contributed by atoms with van der Waals surface area (Å²) >= 11 is 1.15. The average Bonchev–Trinajstić information content (AvgIpc) is 2.93. The Morgan fingerprint density at radius 1 is 1.38 bits per heavy atom. The van der Waals surface area contributed by atoms with Crippen LogP contribution >= 0.6 is 11.3 Å². The first-order valence-corrected chi connectivity index (χ1v) is 8.08. The molecule has 8 nitrogen and oxygen atoms in total. The highest BCUT2D eigenvalue weighted by molar-refractivity contribution is 7.21. The van der Waals surface area contributed by atoms with Crippen molar-refractivity contribution >= 4 is 51.1 Å². The van der Waals surface area contributed by atoms with Crippen molar-refractivity contribution in [2.75, 3.05) is 16.8 Å². The monoisotopic (exact) mass is 369 g/mol. The summed E-state index contributed by atoms with van der Waals surface area (Å²) in [5.74, 6) is -0.177. The summed E-state index contributed by atoms with van der Waals surface area (Å²) in [4.78, 5) is 25.9. The predicted octanol–water partition coefficient (Wildman–Crippen LogP) is 2.59. The Morgan fingerprint density at radius 2 is 2.04 bits per heavy atom. The number of hydrogen-bond acceptors (Lipinski definition) is 7. The van der Waals surface area contributed by atoms with Crippen LogP contribution in [0.25, 0.3) is 10.2 Å². The van der Waals surface area contributed by atoms with Crippen LogP contribution < -0.4 is 16.8 Å². The minimum atomic E-state index is -0.308. The van der Waals surface area contributed by atoms with Crippen LogP contribution in [-0.2, 0) is 4.79 Å². The van der Waals surface area contributed by atoms with E-state index < -0.39 is 0 Å². The molecule has 0 bridgehead atoms. The number of aromatic nitrogens is 1. The SMILES string of the molecule is Cc1ccccc1NC(=O)c1sc2nc(N)c(C#N)cc2c1N.O=CO. The zero-order valence-corrected chi connectivity index (χ0v) is 14.5. The van der Waals surface area contributed by atoms with Gasteiger partial charge in [0.2, 0.25) is 0 Å². The highest BCUT2D eigenvalue weighted by Crippen LogP contribution is 2.34. The molecule has 0 spiro atoms. The second-order valence-electron chi connectivity index (χ2n) is 5.11. The van der Waals surface area contributed by atoms with E-state index in [1.165, 1.54) is 0 Å². The van der Waals surface area contributed by atoms with Gasteiger partial charge in [0.1, 0.15) is 21.6 Å². The van der Waals surface area contributed by atoms with E-state index in [2.05, 4.69) is 10.3 Å². The first-order chi connectivity index (χ1) is 12.4. The molecule has 0 atom stereocenters. The fraction of sp³-hybridized carbons (Fsp3) is 0.0588. The highest BCUT2D eigenvalue weighted by Gasteiger charge is 2.19. The standard InChI is InChI=1S/C16H13N5OS.CH2O2/c1-8-4-2-3-5-11(8)20-15(22)13-12(18)10-6-9(7-17)14(19)21-16(10)23-13;2-1-3/h2-6H,18H2,1H3,(H2,19,21)(H,20,22);1H,(H,2,3). The number of nitrogen functional groups attached to an aromatic ring is 2. The van der Waals surface area contributed by atoms with Crippen LogP contribution in [0, 0.1) is 18.3 Å². The van der Waals surface area contributed by atoms with Crippen molar-refractivity contribution in [3.05, 3.63) is 46.3 Å². The van der Waals surface area contributed by atoms with E-state index in [1.807, 2.05) is 37.3 Å². The number of amides is 1. The van der Waals surface area contributed by atoms with Crippen molar-refractivity contribution in [3.8, 4) is 6.07 Å². The van der Waals surface area contributed by atoms with E-state index >= 15 is 0 Å². The molecular weight excluding hydrogens is 354 g/mol. The van der Waals surface area contributed by atoms with Crippen LogP contribution in [0.4, 0.5) is 17.2 Å². The molecule has 2 heterocycles. The quantitative estimate of drug-likeness (QED) is 0.506. The molecule has 26 heavy (non-hydrogen) atoms. The van der Waals surface area contributed by atoms with Crippen molar-refractivity contribution in [3.63, 3.8) is 0 Å². The molecule has 3 rings (SSSR count). The van der Waals surface area contributed by atoms with Gasteiger partial charge in [0.15, 0.2) is 0 Å². The molecule has 0 aliphatic rings. The van der Waals surface area contributed by atoms with Gasteiger partial charge in [-0.15, -0.1) is 11.3 Å². The summed E-state index contributed by atoms with van der Waals surface area (Å²) in [5, 5.41) is 19.3. The van der Waals surface area contributed by atoms with E-state index in [0.717, 1.165) is 22.6 Å². The Bertz CT molecular complexity index is 1020. The number of thiophene rings is 1. The van der Waals surface area contributed by atoms with Gasteiger partial charge in [-0.1, -0.05) is 18.2 Å². The number of carbonyl (C=O) groups excluding carboxylic acids is 1. The number of nitrogens with two attached hydrogens (primary N) is 2. The minimum absolute atomic E-state index is 0.132. The smallest absolute Gasteiger partial charge is 0.290 e. The van der Waals surface area contributed by atoms with Gasteiger partial charge in [-0.2, -0.15) is 5.26 Å². The first-order valence-electron chi connectivity index (χ1n) is 7.26. The summed E-state index contributed by atoms with van der Waals surface area (Å²) < 4.78 is 0. The molecule has 1 amide bonds. The number of hydrogen-bond donors (Lipinski definition) is 4. The molecule has 1 aromatic carbocycles. The molecule has 0 radical (unpaired) electrons. The van der Waals surface area contributed by atoms with E-state index in [4.69, 9.17) is 26.6 Å². The number of rotatable bonds is 2. The number of fused-ring (bicyclic) bond motifs is 1. The maximum atomic E-state index is 12.5. The number of pyridine rings is 1. The second-order valence-corrected chi connectivity index (χ2v) is 6.10. The largest absolute Gasteiger partial charge is 0.483 e. The minimum Gasteiger partial charge on any atom is -0.483 e. The van der Waals surface area contributed by atoms with Gasteiger partial charge >= 0.3 is 0 Å². The summed E-state index contributed by atoms with van der Waals surface area (Å²) in [6.45, 7) is 1.66. The Kier molecular flexibility index (Phi) is 5.72. The highest BCUT2D eigenvalue weighted by atomic mass is 32.1. The number of nitrogens with zero attached hydrogens (tertiary/aromatic N) is 2. The summed E-state index contributed by atoms with van der Waals surface area (Å²) in [5.41, 5.74) is 14.0. The lowest BCUT2D eigenvalue weighted by Gasteiger charge is -2.07. The van der Waals surface area contributed by atoms with E-state index in [-0.39, 0.29) is 23.8 Å². The third-order valence-electron chi connectivity index (χ3n) is 3.47. The number of carboxylic acid groups (broad SMARTS) is 1. The van der Waals surface area contributed by atoms with Crippen molar-refractivity contribution in [1.82, 2.24) is 4.98 Å². The van der Waals surface area contributed by atoms with Gasteiger partial charge in [-0.3, -0.25) is 9.59 Å². The zero-order valence-electron chi connectivity index (χ0n) is 13.7. The van der Waals surface area contributed by atoms with Gasteiger partial charge in [-0.25, -0.2) is 4.98 Å². The van der Waals surface area contributed by atoms with Crippen molar-refractivity contribution in [2.45, 2.75) is 6.92 Å². The predicted molar refractivity (Wildman–Crippen MR) is 101 cm³/mol. The number of benzene rings is 1. The molecule has 9 heteroatoms. The third-order valence-corrected chi connectivity index (χ3v) is 4.58. The Hall–Kier alpha value is -3.64. The van der Waals surface area contributed by atoms with E-state index in [9.17, 15) is 4.79 Å². The number of aryl methyl sites for hydroxylation is 1. The van der Waals surface area contributed by atoms with E-state index in [0.29, 0.717) is 20.8 Å². The van der Waals surface area contributed by atoms with Crippen molar-refractivity contribution < 1.29 is 14.7 Å². The molecule has 0 fully saturated rings. The molecule has 2 aromatic heterocycles. The molecule has 132 valence electrons. The molecule has 0 aliphatic heterocycles. The van der Waals surface area contributed by atoms with Crippen LogP contribution in [0.15, 0.2) is 30.3 Å². The Balaban J connectivity index is 0.000000758. The molecular formula is C17H15N5O3S. The number of para-hydroxylation sites is 1. The van der Waals surface area contributed by atoms with Crippen molar-refractivity contribution in [2.24, 2.45) is 0 Å². The van der Waals surface area contributed by atoms with E-state index in [1.54, 1.807) is 6.07 Å². The lowest BCUT2D eigenvalue weighted by molar-refractivity contribution is -0.122. The molecule has 3 aromatic rings. The van der Waals surface area contributed by atoms with Crippen LogP contribution in [0.1, 0.15) is 20.8 Å². The fourth-order valence-corrected chi connectivity index (χ4v) is 3.18. The number of nitriles is 1. The lowest BCUT2D eigenvalue weighted by Crippen LogP contribution is -2.12. The average molecular weight is 369 g/mol. The fourth-order valence-electron chi connectivity index (χ4n) is 2.21. The maximum absolute atomic E-state index is 12.5. The molecule has 0 unspecified atom stereocenters. The molecule has 0 saturated carbocycles. The topological polar surface area (TPSA) is 155 Å². The van der Waals surface area contributed by atoms with Crippen LogP contribution in [0.2, 0.25) is 0 Å². The molecule has 0 aliphatic carbocycles. The van der Waals surface area contributed by atoms with Gasteiger partial charge in [0.25, 0.3) is 12.4 Å². The number of carbonyl (C=O) groups is 2. The Labute approximate surface area is 152 Å². The summed E-state index contributed by atoms with van der Waals surface area (Å²) in [7, 11) is 0. The summed E-state index contributed by atoms with van der Waals surface area (Å²) in [6, 6.07) is 11.0. The molecule has 0 saturated heterocycles. The van der Waals surface area contributed by atoms with Gasteiger partial charge < -0.3 is 21.9 Å². The zero-order chi connectivity index (χ0) is 19.3. The lowest BCUT2D eigenvalue weighted by atomic mass is 10.2. The number of nitrogens with one attached hydrogen (secondary N) is 1.